The maximum atomic E-state index is 12.4. The highest BCUT2D eigenvalue weighted by Crippen LogP contribution is 2.28. The van der Waals surface area contributed by atoms with Gasteiger partial charge in [0.15, 0.2) is 5.82 Å². The Morgan fingerprint density at radius 1 is 1.12 bits per heavy atom. The lowest BCUT2D eigenvalue weighted by Crippen LogP contribution is -2.45. The second kappa shape index (κ2) is 9.48. The summed E-state index contributed by atoms with van der Waals surface area (Å²) in [6, 6.07) is 3.78. The third-order valence-electron chi connectivity index (χ3n) is 5.40. The first-order chi connectivity index (χ1) is 15.7. The van der Waals surface area contributed by atoms with Gasteiger partial charge < -0.3 is 19.9 Å². The van der Waals surface area contributed by atoms with Gasteiger partial charge in [-0.25, -0.2) is 9.97 Å². The number of rotatable bonds is 7. The number of alkyl halides is 3. The van der Waals surface area contributed by atoms with E-state index in [1.807, 2.05) is 26.0 Å². The smallest absolute Gasteiger partial charge is 0.370 e. The van der Waals surface area contributed by atoms with Crippen molar-refractivity contribution in [1.29, 1.82) is 0 Å². The number of fused-ring (bicyclic) bond motifs is 1. The summed E-state index contributed by atoms with van der Waals surface area (Å²) >= 11 is 0. The van der Waals surface area contributed by atoms with Crippen LogP contribution >= 0.6 is 0 Å². The zero-order chi connectivity index (χ0) is 23.6. The maximum Gasteiger partial charge on any atom is 0.411 e. The molecule has 4 rings (SSSR count). The first-order valence-electron chi connectivity index (χ1n) is 10.7. The monoisotopic (exact) mass is 464 g/mol. The molecular formula is C21H27F3N8O. The molecule has 33 heavy (non-hydrogen) atoms. The van der Waals surface area contributed by atoms with Crippen LogP contribution in [-0.4, -0.2) is 82.2 Å². The molecule has 3 aromatic rings. The highest BCUT2D eigenvalue weighted by atomic mass is 19.4. The van der Waals surface area contributed by atoms with Gasteiger partial charge in [0.1, 0.15) is 23.5 Å². The quantitative estimate of drug-likeness (QED) is 0.535. The van der Waals surface area contributed by atoms with E-state index in [0.717, 1.165) is 31.7 Å². The van der Waals surface area contributed by atoms with Gasteiger partial charge in [0.25, 0.3) is 0 Å². The SMILES string of the molecule is Cc1ccnc(Nc2nc(N3CCN(C)CC3)nc3c(C)nn(CCOCC(F)(F)F)c23)c1. The highest BCUT2D eigenvalue weighted by molar-refractivity contribution is 5.90. The molecule has 0 aliphatic carbocycles. The van der Waals surface area contributed by atoms with Crippen molar-refractivity contribution in [2.24, 2.45) is 0 Å². The van der Waals surface area contributed by atoms with Gasteiger partial charge in [-0.1, -0.05) is 0 Å². The minimum atomic E-state index is -4.37. The Kier molecular flexibility index (Phi) is 6.66. The molecular weight excluding hydrogens is 437 g/mol. The zero-order valence-corrected chi connectivity index (χ0v) is 18.9. The molecule has 0 bridgehead atoms. The summed E-state index contributed by atoms with van der Waals surface area (Å²) in [6.45, 7) is 5.87. The van der Waals surface area contributed by atoms with Gasteiger partial charge in [0.2, 0.25) is 5.95 Å². The molecule has 0 amide bonds. The number of pyridine rings is 1. The minimum Gasteiger partial charge on any atom is -0.370 e. The minimum absolute atomic E-state index is 0.133. The number of anilines is 3. The summed E-state index contributed by atoms with van der Waals surface area (Å²) in [7, 11) is 2.08. The summed E-state index contributed by atoms with van der Waals surface area (Å²) in [6.07, 6.45) is -2.67. The van der Waals surface area contributed by atoms with E-state index < -0.39 is 12.8 Å². The zero-order valence-electron chi connectivity index (χ0n) is 18.9. The van der Waals surface area contributed by atoms with Gasteiger partial charge in [-0.3, -0.25) is 4.68 Å². The molecule has 0 spiro atoms. The number of nitrogens with one attached hydrogen (secondary N) is 1. The van der Waals surface area contributed by atoms with Crippen molar-refractivity contribution >= 4 is 28.6 Å². The molecule has 1 aliphatic rings. The Labute approximate surface area is 189 Å². The maximum absolute atomic E-state index is 12.4. The van der Waals surface area contributed by atoms with Crippen LogP contribution in [0.5, 0.6) is 0 Å². The molecule has 0 saturated carbocycles. The van der Waals surface area contributed by atoms with E-state index in [2.05, 4.69) is 32.2 Å². The molecule has 0 radical (unpaired) electrons. The molecule has 1 fully saturated rings. The van der Waals surface area contributed by atoms with Crippen molar-refractivity contribution in [3.8, 4) is 0 Å². The number of aromatic nitrogens is 5. The van der Waals surface area contributed by atoms with Crippen LogP contribution in [0.15, 0.2) is 18.3 Å². The van der Waals surface area contributed by atoms with E-state index in [9.17, 15) is 13.2 Å². The van der Waals surface area contributed by atoms with Crippen molar-refractivity contribution in [3.63, 3.8) is 0 Å². The molecule has 0 aromatic carbocycles. The topological polar surface area (TPSA) is 84.2 Å². The molecule has 4 heterocycles. The molecule has 1 saturated heterocycles. The summed E-state index contributed by atoms with van der Waals surface area (Å²) < 4.78 is 43.7. The van der Waals surface area contributed by atoms with E-state index in [0.29, 0.717) is 34.3 Å². The average molecular weight is 464 g/mol. The van der Waals surface area contributed by atoms with Crippen molar-refractivity contribution in [2.45, 2.75) is 26.6 Å². The van der Waals surface area contributed by atoms with Crippen LogP contribution in [0.1, 0.15) is 11.3 Å². The van der Waals surface area contributed by atoms with Crippen LogP contribution in [0, 0.1) is 13.8 Å². The number of hydrogen-bond donors (Lipinski definition) is 1. The fourth-order valence-corrected chi connectivity index (χ4v) is 3.68. The molecule has 178 valence electrons. The van der Waals surface area contributed by atoms with Gasteiger partial charge in [-0.15, -0.1) is 0 Å². The highest BCUT2D eigenvalue weighted by Gasteiger charge is 2.27. The third-order valence-corrected chi connectivity index (χ3v) is 5.40. The fraction of sp³-hybridized carbons (Fsp3) is 0.524. The standard InChI is InChI=1S/C21H27F3N8O/c1-14-4-5-25-16(12-14)26-19-18-17(27-20(28-19)31-8-6-30(3)7-9-31)15(2)29-32(18)10-11-33-13-21(22,23)24/h4-5,12H,6-11,13H2,1-3H3,(H,25,26,27,28). The second-order valence-electron chi connectivity index (χ2n) is 8.18. The lowest BCUT2D eigenvalue weighted by atomic mass is 10.3. The molecule has 12 heteroatoms. The molecule has 9 nitrogen and oxygen atoms in total. The van der Waals surface area contributed by atoms with Gasteiger partial charge >= 0.3 is 6.18 Å². The van der Waals surface area contributed by atoms with E-state index in [1.54, 1.807) is 10.9 Å². The van der Waals surface area contributed by atoms with E-state index in [4.69, 9.17) is 14.7 Å². The van der Waals surface area contributed by atoms with Crippen LogP contribution in [0.4, 0.5) is 30.8 Å². The molecule has 3 aromatic heterocycles. The number of piperazine rings is 1. The van der Waals surface area contributed by atoms with Crippen LogP contribution < -0.4 is 10.2 Å². The summed E-state index contributed by atoms with van der Waals surface area (Å²) in [5.41, 5.74) is 2.94. The van der Waals surface area contributed by atoms with Crippen molar-refractivity contribution in [3.05, 3.63) is 29.6 Å². The second-order valence-corrected chi connectivity index (χ2v) is 8.18. The van der Waals surface area contributed by atoms with E-state index in [-0.39, 0.29) is 13.2 Å². The molecule has 0 atom stereocenters. The van der Waals surface area contributed by atoms with E-state index in [1.165, 1.54) is 0 Å². The predicted octanol–water partition coefficient (Wildman–Crippen LogP) is 2.91. The van der Waals surface area contributed by atoms with Gasteiger partial charge in [0, 0.05) is 32.4 Å². The summed E-state index contributed by atoms with van der Waals surface area (Å²) in [4.78, 5) is 18.3. The molecule has 1 N–H and O–H groups in total. The van der Waals surface area contributed by atoms with Gasteiger partial charge in [0.05, 0.1) is 18.8 Å². The number of ether oxygens (including phenoxy) is 1. The Morgan fingerprint density at radius 3 is 2.58 bits per heavy atom. The summed E-state index contributed by atoms with van der Waals surface area (Å²) in [5.74, 6) is 1.70. The van der Waals surface area contributed by atoms with Crippen LogP contribution in [0.2, 0.25) is 0 Å². The predicted molar refractivity (Wildman–Crippen MR) is 119 cm³/mol. The first-order valence-corrected chi connectivity index (χ1v) is 10.7. The van der Waals surface area contributed by atoms with Crippen LogP contribution in [-0.2, 0) is 11.3 Å². The van der Waals surface area contributed by atoms with Crippen LogP contribution in [0.3, 0.4) is 0 Å². The average Bonchev–Trinajstić information content (AvgIpc) is 3.07. The van der Waals surface area contributed by atoms with Crippen molar-refractivity contribution in [2.75, 3.05) is 56.7 Å². The number of aryl methyl sites for hydroxylation is 2. The normalized spacial score (nSPS) is 15.4. The molecule has 0 unspecified atom stereocenters. The van der Waals surface area contributed by atoms with E-state index >= 15 is 0 Å². The lowest BCUT2D eigenvalue weighted by Gasteiger charge is -2.32. The van der Waals surface area contributed by atoms with Crippen molar-refractivity contribution in [1.82, 2.24) is 29.6 Å². The lowest BCUT2D eigenvalue weighted by molar-refractivity contribution is -0.174. The number of likely N-dealkylation sites (N-methyl/N-ethyl adjacent to an activating group) is 1. The van der Waals surface area contributed by atoms with Gasteiger partial charge in [-0.2, -0.15) is 23.3 Å². The Hall–Kier alpha value is -2.99. The first kappa shape index (κ1) is 23.2. The number of nitrogens with zero attached hydrogens (tertiary/aromatic N) is 7. The number of halogens is 3. The van der Waals surface area contributed by atoms with Crippen molar-refractivity contribution < 1.29 is 17.9 Å². The fourth-order valence-electron chi connectivity index (χ4n) is 3.68. The third kappa shape index (κ3) is 5.69. The summed E-state index contributed by atoms with van der Waals surface area (Å²) in [5, 5.41) is 7.77. The Balaban J connectivity index is 1.69. The van der Waals surface area contributed by atoms with Gasteiger partial charge in [-0.05, 0) is 38.6 Å². The Morgan fingerprint density at radius 2 is 1.88 bits per heavy atom. The number of hydrogen-bond acceptors (Lipinski definition) is 8. The molecule has 1 aliphatic heterocycles. The Bertz CT molecular complexity index is 1110. The largest absolute Gasteiger partial charge is 0.411 e. The van der Waals surface area contributed by atoms with Crippen LogP contribution in [0.25, 0.3) is 11.0 Å².